The minimum absolute atomic E-state index is 0.648. The maximum atomic E-state index is 2.24. The van der Waals surface area contributed by atoms with Gasteiger partial charge in [0.2, 0.25) is 0 Å². The summed E-state index contributed by atoms with van der Waals surface area (Å²) in [5, 5.41) is 0. The third-order valence-corrected chi connectivity index (χ3v) is 4.01. The summed E-state index contributed by atoms with van der Waals surface area (Å²) >= 11 is 0. The summed E-state index contributed by atoms with van der Waals surface area (Å²) in [5.41, 5.74) is 7.08. The zero-order chi connectivity index (χ0) is 16.0. The number of hydrogen-bond donors (Lipinski definition) is 0. The van der Waals surface area contributed by atoms with E-state index in [1.54, 1.807) is 0 Å². The van der Waals surface area contributed by atoms with E-state index in [2.05, 4.69) is 90.9 Å². The fourth-order valence-corrected chi connectivity index (χ4v) is 2.35. The highest BCUT2D eigenvalue weighted by Gasteiger charge is 2.03. The quantitative estimate of drug-likeness (QED) is 0.586. The van der Waals surface area contributed by atoms with Crippen molar-refractivity contribution in [2.24, 2.45) is 0 Å². The van der Waals surface area contributed by atoms with Gasteiger partial charge in [-0.15, -0.1) is 0 Å². The van der Waals surface area contributed by atoms with Crippen LogP contribution in [0, 0.1) is 20.8 Å². The van der Waals surface area contributed by atoms with E-state index >= 15 is 0 Å². The van der Waals surface area contributed by atoms with Crippen LogP contribution >= 0.6 is 0 Å². The lowest BCUT2D eigenvalue weighted by atomic mass is 9.95. The highest BCUT2D eigenvalue weighted by atomic mass is 14.1. The molecular formula is C21H30. The fourth-order valence-electron chi connectivity index (χ4n) is 2.35. The molecule has 0 heterocycles. The Morgan fingerprint density at radius 2 is 1.24 bits per heavy atom. The lowest BCUT2D eigenvalue weighted by molar-refractivity contribution is 0.854. The highest BCUT2D eigenvalue weighted by molar-refractivity contribution is 5.34. The van der Waals surface area contributed by atoms with Crippen LogP contribution in [0.1, 0.15) is 67.3 Å². The largest absolute Gasteiger partial charge is 0.0617 e. The molecule has 0 aromatic heterocycles. The maximum absolute atomic E-state index is 2.24. The van der Waals surface area contributed by atoms with Gasteiger partial charge >= 0.3 is 0 Å². The van der Waals surface area contributed by atoms with E-state index in [4.69, 9.17) is 0 Å². The summed E-state index contributed by atoms with van der Waals surface area (Å²) in [5.74, 6) is 1.30. The van der Waals surface area contributed by atoms with Gasteiger partial charge in [0.1, 0.15) is 0 Å². The third-order valence-electron chi connectivity index (χ3n) is 4.01. The smallest absolute Gasteiger partial charge is 0.0216 e. The lowest BCUT2D eigenvalue weighted by Crippen LogP contribution is -1.93. The normalized spacial score (nSPS) is 10.5. The molecule has 0 aliphatic rings. The lowest BCUT2D eigenvalue weighted by Gasteiger charge is -2.10. The van der Waals surface area contributed by atoms with Crippen molar-refractivity contribution >= 4 is 0 Å². The maximum Gasteiger partial charge on any atom is -0.0216 e. The van der Waals surface area contributed by atoms with E-state index in [1.807, 2.05) is 0 Å². The Morgan fingerprint density at radius 3 is 1.67 bits per heavy atom. The average molecular weight is 282 g/mol. The van der Waals surface area contributed by atoms with Crippen LogP contribution in [0.5, 0.6) is 0 Å². The first-order chi connectivity index (χ1) is 9.82. The molecule has 0 amide bonds. The van der Waals surface area contributed by atoms with Crippen molar-refractivity contribution in [3.8, 4) is 0 Å². The zero-order valence-corrected chi connectivity index (χ0v) is 14.7. The molecule has 2 aromatic carbocycles. The molecule has 0 atom stereocenters. The van der Waals surface area contributed by atoms with E-state index in [1.165, 1.54) is 27.8 Å². The van der Waals surface area contributed by atoms with Crippen LogP contribution in [0.15, 0.2) is 42.5 Å². The summed E-state index contributed by atoms with van der Waals surface area (Å²) in [7, 11) is 0. The van der Waals surface area contributed by atoms with Gasteiger partial charge in [-0.3, -0.25) is 0 Å². The molecule has 0 unspecified atom stereocenters. The highest BCUT2D eigenvalue weighted by Crippen LogP contribution is 2.20. The van der Waals surface area contributed by atoms with Crippen LogP contribution in [-0.2, 0) is 0 Å². The molecular weight excluding hydrogens is 252 g/mol. The monoisotopic (exact) mass is 282 g/mol. The minimum atomic E-state index is 0.648. The molecule has 0 bridgehead atoms. The number of rotatable bonds is 2. The number of aryl methyl sites for hydroxylation is 2. The molecule has 2 aromatic rings. The number of hydrogen-bond acceptors (Lipinski definition) is 0. The Hall–Kier alpha value is -1.56. The first-order valence-electron chi connectivity index (χ1n) is 7.95. The van der Waals surface area contributed by atoms with E-state index in [0.29, 0.717) is 11.8 Å². The molecule has 0 spiro atoms. The van der Waals surface area contributed by atoms with Gasteiger partial charge in [0.05, 0.1) is 0 Å². The molecule has 0 N–H and O–H groups in total. The SMILES string of the molecule is Cc1ccc(C(C)C)cc1.Cc1cccc(C(C)C)c1C. The van der Waals surface area contributed by atoms with Crippen LogP contribution in [-0.4, -0.2) is 0 Å². The van der Waals surface area contributed by atoms with Gasteiger partial charge in [-0.1, -0.05) is 75.7 Å². The van der Waals surface area contributed by atoms with Crippen LogP contribution in [0.25, 0.3) is 0 Å². The van der Waals surface area contributed by atoms with E-state index < -0.39 is 0 Å². The molecule has 21 heavy (non-hydrogen) atoms. The molecule has 114 valence electrons. The zero-order valence-electron chi connectivity index (χ0n) is 14.7. The first-order valence-corrected chi connectivity index (χ1v) is 7.95. The van der Waals surface area contributed by atoms with Gasteiger partial charge < -0.3 is 0 Å². The van der Waals surface area contributed by atoms with Crippen molar-refractivity contribution in [2.45, 2.75) is 60.3 Å². The first kappa shape index (κ1) is 17.5. The Kier molecular flexibility index (Phi) is 6.68. The summed E-state index contributed by atoms with van der Waals surface area (Å²) in [4.78, 5) is 0. The molecule has 0 nitrogen and oxygen atoms in total. The average Bonchev–Trinajstić information content (AvgIpc) is 2.42. The molecule has 0 fully saturated rings. The summed E-state index contributed by atoms with van der Waals surface area (Å²) in [6, 6.07) is 15.2. The van der Waals surface area contributed by atoms with Gasteiger partial charge in [0.15, 0.2) is 0 Å². The molecule has 0 aliphatic heterocycles. The second kappa shape index (κ2) is 8.02. The van der Waals surface area contributed by atoms with Crippen LogP contribution < -0.4 is 0 Å². The van der Waals surface area contributed by atoms with Crippen molar-refractivity contribution < 1.29 is 0 Å². The predicted molar refractivity (Wildman–Crippen MR) is 95.3 cm³/mol. The summed E-state index contributed by atoms with van der Waals surface area (Å²) in [6.07, 6.45) is 0. The Morgan fingerprint density at radius 1 is 0.667 bits per heavy atom. The van der Waals surface area contributed by atoms with Crippen LogP contribution in [0.2, 0.25) is 0 Å². The van der Waals surface area contributed by atoms with Gasteiger partial charge in [-0.25, -0.2) is 0 Å². The van der Waals surface area contributed by atoms with Gasteiger partial charge in [-0.2, -0.15) is 0 Å². The van der Waals surface area contributed by atoms with Crippen LogP contribution in [0.3, 0.4) is 0 Å². The Labute approximate surface area is 131 Å². The fraction of sp³-hybridized carbons (Fsp3) is 0.429. The second-order valence-electron chi connectivity index (χ2n) is 6.51. The third kappa shape index (κ3) is 5.38. The standard InChI is InChI=1S/C11H16.C10H14/c1-8(2)11-7-5-6-9(3)10(11)4;1-8(2)10-6-4-9(3)5-7-10/h5-8H,1-4H3;4-8H,1-3H3. The second-order valence-corrected chi connectivity index (χ2v) is 6.51. The van der Waals surface area contributed by atoms with E-state index in [9.17, 15) is 0 Å². The van der Waals surface area contributed by atoms with Crippen molar-refractivity contribution in [1.29, 1.82) is 0 Å². The minimum Gasteiger partial charge on any atom is -0.0617 e. The van der Waals surface area contributed by atoms with Crippen molar-refractivity contribution in [3.63, 3.8) is 0 Å². The van der Waals surface area contributed by atoms with Gasteiger partial charge in [0, 0.05) is 0 Å². The predicted octanol–water partition coefficient (Wildman–Crippen LogP) is 6.55. The van der Waals surface area contributed by atoms with E-state index in [0.717, 1.165) is 0 Å². The summed E-state index contributed by atoms with van der Waals surface area (Å²) in [6.45, 7) is 15.4. The molecule has 0 aliphatic carbocycles. The molecule has 0 heteroatoms. The number of benzene rings is 2. The Bertz CT molecular complexity index is 545. The van der Waals surface area contributed by atoms with Crippen molar-refractivity contribution in [1.82, 2.24) is 0 Å². The van der Waals surface area contributed by atoms with Crippen LogP contribution in [0.4, 0.5) is 0 Å². The molecule has 0 saturated carbocycles. The summed E-state index contributed by atoms with van der Waals surface area (Å²) < 4.78 is 0. The van der Waals surface area contributed by atoms with Crippen molar-refractivity contribution in [2.75, 3.05) is 0 Å². The topological polar surface area (TPSA) is 0 Å². The molecule has 0 saturated heterocycles. The van der Waals surface area contributed by atoms with Crippen molar-refractivity contribution in [3.05, 3.63) is 70.3 Å². The Balaban J connectivity index is 0.000000211. The van der Waals surface area contributed by atoms with E-state index in [-0.39, 0.29) is 0 Å². The van der Waals surface area contributed by atoms with Gasteiger partial charge in [0.25, 0.3) is 0 Å². The molecule has 0 radical (unpaired) electrons. The van der Waals surface area contributed by atoms with Gasteiger partial charge in [-0.05, 0) is 54.9 Å². The molecule has 2 rings (SSSR count).